The van der Waals surface area contributed by atoms with Crippen LogP contribution in [0.2, 0.25) is 0 Å². The quantitative estimate of drug-likeness (QED) is 0.858. The molecule has 1 amide bonds. The second kappa shape index (κ2) is 6.04. The van der Waals surface area contributed by atoms with Gasteiger partial charge in [0.1, 0.15) is 5.82 Å². The van der Waals surface area contributed by atoms with Crippen LogP contribution in [-0.2, 0) is 11.0 Å². The van der Waals surface area contributed by atoms with Crippen molar-refractivity contribution in [3.05, 3.63) is 23.9 Å². The van der Waals surface area contributed by atoms with E-state index in [-0.39, 0.29) is 29.5 Å². The molecule has 1 N–H and O–H groups in total. The predicted octanol–water partition coefficient (Wildman–Crippen LogP) is 2.63. The van der Waals surface area contributed by atoms with E-state index in [1.165, 1.54) is 4.90 Å². The summed E-state index contributed by atoms with van der Waals surface area (Å²) in [6, 6.07) is 1.86. The van der Waals surface area contributed by atoms with E-state index in [9.17, 15) is 18.0 Å². The summed E-state index contributed by atoms with van der Waals surface area (Å²) >= 11 is 0. The van der Waals surface area contributed by atoms with Gasteiger partial charge in [-0.25, -0.2) is 4.98 Å². The first kappa shape index (κ1) is 17.0. The van der Waals surface area contributed by atoms with E-state index in [0.29, 0.717) is 13.0 Å². The molecule has 122 valence electrons. The Morgan fingerprint density at radius 1 is 1.32 bits per heavy atom. The van der Waals surface area contributed by atoms with E-state index in [0.717, 1.165) is 44.3 Å². The molecule has 1 unspecified atom stereocenters. The fraction of sp³-hybridized carbons (Fsp3) is 0.571. The number of rotatable bonds is 1. The molecule has 2 saturated heterocycles. The van der Waals surface area contributed by atoms with Crippen molar-refractivity contribution in [1.82, 2.24) is 10.3 Å². The van der Waals surface area contributed by atoms with Crippen LogP contribution in [0, 0.1) is 5.41 Å². The molecule has 0 aromatic carbocycles. The summed E-state index contributed by atoms with van der Waals surface area (Å²) < 4.78 is 38.2. The number of alkyl halides is 3. The number of nitrogens with zero attached hydrogens (tertiary/aromatic N) is 2. The molecule has 1 aromatic rings. The van der Waals surface area contributed by atoms with Gasteiger partial charge in [0.2, 0.25) is 5.91 Å². The first-order chi connectivity index (χ1) is 9.90. The molecule has 1 spiro atoms. The lowest BCUT2D eigenvalue weighted by Crippen LogP contribution is -2.45. The number of piperidine rings is 1. The Labute approximate surface area is 132 Å². The molecule has 22 heavy (non-hydrogen) atoms. The van der Waals surface area contributed by atoms with Crippen LogP contribution >= 0.6 is 12.4 Å². The van der Waals surface area contributed by atoms with Crippen molar-refractivity contribution in [3.8, 4) is 0 Å². The Morgan fingerprint density at radius 2 is 2.09 bits per heavy atom. The Morgan fingerprint density at radius 3 is 2.68 bits per heavy atom. The second-order valence-corrected chi connectivity index (χ2v) is 5.80. The normalized spacial score (nSPS) is 25.4. The lowest BCUT2D eigenvalue weighted by atomic mass is 9.77. The van der Waals surface area contributed by atoms with E-state index in [4.69, 9.17) is 0 Å². The van der Waals surface area contributed by atoms with Gasteiger partial charge in [-0.2, -0.15) is 13.2 Å². The highest BCUT2D eigenvalue weighted by atomic mass is 35.5. The van der Waals surface area contributed by atoms with E-state index >= 15 is 0 Å². The van der Waals surface area contributed by atoms with E-state index in [1.54, 1.807) is 0 Å². The maximum Gasteiger partial charge on any atom is 0.416 e. The third-order valence-corrected chi connectivity index (χ3v) is 4.37. The van der Waals surface area contributed by atoms with Crippen molar-refractivity contribution in [3.63, 3.8) is 0 Å². The Balaban J connectivity index is 0.00000176. The van der Waals surface area contributed by atoms with Gasteiger partial charge in [-0.3, -0.25) is 9.69 Å². The SMILES string of the molecule is Cl.O=C1CC2(CCNC2)CCN1c1cc(C(F)(F)F)ccn1. The number of carbonyl (C=O) groups excluding carboxylic acids is 1. The van der Waals surface area contributed by atoms with Gasteiger partial charge in [0.15, 0.2) is 0 Å². The van der Waals surface area contributed by atoms with Crippen molar-refractivity contribution in [2.75, 3.05) is 24.5 Å². The number of anilines is 1. The zero-order valence-corrected chi connectivity index (χ0v) is 12.6. The van der Waals surface area contributed by atoms with Crippen LogP contribution in [0.25, 0.3) is 0 Å². The van der Waals surface area contributed by atoms with Crippen LogP contribution in [0.5, 0.6) is 0 Å². The molecule has 8 heteroatoms. The molecule has 2 fully saturated rings. The molecule has 0 aliphatic carbocycles. The molecule has 3 rings (SSSR count). The summed E-state index contributed by atoms with van der Waals surface area (Å²) in [5, 5.41) is 3.25. The van der Waals surface area contributed by atoms with Gasteiger partial charge in [0.25, 0.3) is 0 Å². The highest BCUT2D eigenvalue weighted by molar-refractivity contribution is 5.93. The summed E-state index contributed by atoms with van der Waals surface area (Å²) in [5.41, 5.74) is -0.794. The Bertz CT molecular complexity index is 559. The van der Waals surface area contributed by atoms with Crippen molar-refractivity contribution in [2.24, 2.45) is 5.41 Å². The number of carbonyl (C=O) groups is 1. The molecule has 3 heterocycles. The monoisotopic (exact) mass is 335 g/mol. The molecular weight excluding hydrogens is 319 g/mol. The van der Waals surface area contributed by atoms with E-state index in [1.807, 2.05) is 0 Å². The second-order valence-electron chi connectivity index (χ2n) is 5.80. The fourth-order valence-corrected chi connectivity index (χ4v) is 3.12. The van der Waals surface area contributed by atoms with Crippen LogP contribution in [0.1, 0.15) is 24.8 Å². The molecular formula is C14H17ClF3N3O. The minimum atomic E-state index is -4.42. The molecule has 4 nitrogen and oxygen atoms in total. The van der Waals surface area contributed by atoms with Gasteiger partial charge in [-0.05, 0) is 36.9 Å². The average Bonchev–Trinajstić information content (AvgIpc) is 2.86. The van der Waals surface area contributed by atoms with Gasteiger partial charge in [0, 0.05) is 25.7 Å². The maximum absolute atomic E-state index is 12.7. The molecule has 2 aliphatic rings. The molecule has 1 atom stereocenters. The summed E-state index contributed by atoms with van der Waals surface area (Å²) in [6.07, 6.45) is -1.20. The smallest absolute Gasteiger partial charge is 0.316 e. The van der Waals surface area contributed by atoms with Crippen LogP contribution in [0.15, 0.2) is 18.3 Å². The van der Waals surface area contributed by atoms with Gasteiger partial charge < -0.3 is 5.32 Å². The average molecular weight is 336 g/mol. The number of halogens is 4. The lowest BCUT2D eigenvalue weighted by molar-refractivity contribution is -0.137. The van der Waals surface area contributed by atoms with Gasteiger partial charge >= 0.3 is 6.18 Å². The van der Waals surface area contributed by atoms with Crippen LogP contribution in [0.3, 0.4) is 0 Å². The van der Waals surface area contributed by atoms with Gasteiger partial charge in [-0.1, -0.05) is 0 Å². The largest absolute Gasteiger partial charge is 0.416 e. The first-order valence-electron chi connectivity index (χ1n) is 6.94. The third kappa shape index (κ3) is 3.20. The minimum Gasteiger partial charge on any atom is -0.316 e. The summed E-state index contributed by atoms with van der Waals surface area (Å²) in [4.78, 5) is 17.6. The Hall–Kier alpha value is -1.34. The number of pyridine rings is 1. The van der Waals surface area contributed by atoms with Crippen LogP contribution in [-0.4, -0.2) is 30.5 Å². The fourth-order valence-electron chi connectivity index (χ4n) is 3.12. The molecule has 0 radical (unpaired) electrons. The summed E-state index contributed by atoms with van der Waals surface area (Å²) in [5.74, 6) is -0.0487. The van der Waals surface area contributed by atoms with Crippen molar-refractivity contribution < 1.29 is 18.0 Å². The zero-order chi connectivity index (χ0) is 15.1. The number of nitrogens with one attached hydrogen (secondary N) is 1. The van der Waals surface area contributed by atoms with Crippen LogP contribution in [0.4, 0.5) is 19.0 Å². The van der Waals surface area contributed by atoms with Crippen molar-refractivity contribution in [1.29, 1.82) is 0 Å². The van der Waals surface area contributed by atoms with Crippen molar-refractivity contribution in [2.45, 2.75) is 25.4 Å². The molecule has 0 saturated carbocycles. The van der Waals surface area contributed by atoms with E-state index in [2.05, 4.69) is 10.3 Å². The topological polar surface area (TPSA) is 45.2 Å². The van der Waals surface area contributed by atoms with Gasteiger partial charge in [-0.15, -0.1) is 12.4 Å². The highest BCUT2D eigenvalue weighted by Crippen LogP contribution is 2.39. The van der Waals surface area contributed by atoms with Gasteiger partial charge in [0.05, 0.1) is 5.56 Å². The van der Waals surface area contributed by atoms with Crippen molar-refractivity contribution >= 4 is 24.1 Å². The summed E-state index contributed by atoms with van der Waals surface area (Å²) in [6.45, 7) is 2.13. The standard InChI is InChI=1S/C14H16F3N3O.ClH/c15-14(16,17)10-1-4-19-11(7-10)20-6-3-13(8-12(20)21)2-5-18-9-13;/h1,4,7,18H,2-3,5-6,8-9H2;1H. The lowest BCUT2D eigenvalue weighted by Gasteiger charge is -2.37. The number of aromatic nitrogens is 1. The maximum atomic E-state index is 12.7. The third-order valence-electron chi connectivity index (χ3n) is 4.37. The molecule has 2 aliphatic heterocycles. The summed E-state index contributed by atoms with van der Waals surface area (Å²) in [7, 11) is 0. The van der Waals surface area contributed by atoms with E-state index < -0.39 is 11.7 Å². The van der Waals surface area contributed by atoms with Crippen LogP contribution < -0.4 is 10.2 Å². The number of amides is 1. The zero-order valence-electron chi connectivity index (χ0n) is 11.8. The first-order valence-corrected chi connectivity index (χ1v) is 6.94. The Kier molecular flexibility index (Phi) is 4.67. The number of hydrogen-bond acceptors (Lipinski definition) is 3. The molecule has 0 bridgehead atoms. The number of hydrogen-bond donors (Lipinski definition) is 1. The highest BCUT2D eigenvalue weighted by Gasteiger charge is 2.42. The predicted molar refractivity (Wildman–Crippen MR) is 78.0 cm³/mol. The minimum absolute atomic E-state index is 0. The molecule has 1 aromatic heterocycles.